The number of hydrogen-bond donors (Lipinski definition) is 1. The van der Waals surface area contributed by atoms with Gasteiger partial charge in [0.25, 0.3) is 15.9 Å². The fraction of sp³-hybridized carbons (Fsp3) is 0.100. The smallest absolute Gasteiger partial charge is 0.273 e. The number of hydrogen-bond acceptors (Lipinski definition) is 5. The van der Waals surface area contributed by atoms with Crippen LogP contribution in [0, 0.1) is 6.92 Å². The highest BCUT2D eigenvalue weighted by molar-refractivity contribution is 9.11. The fourth-order valence-electron chi connectivity index (χ4n) is 3.08. The Morgan fingerprint density at radius 3 is 2.61 bits per heavy atom. The minimum atomic E-state index is -3.97. The molecule has 0 atom stereocenters. The molecule has 0 unspecified atom stereocenters. The van der Waals surface area contributed by atoms with Gasteiger partial charge < -0.3 is 4.57 Å². The van der Waals surface area contributed by atoms with E-state index in [0.717, 1.165) is 22.7 Å². The average molecular weight is 559 g/mol. The predicted octanol–water partition coefficient (Wildman–Crippen LogP) is 5.64. The van der Waals surface area contributed by atoms with Gasteiger partial charge in [0.2, 0.25) is 0 Å². The minimum Gasteiger partial charge on any atom is -0.324 e. The Hall–Kier alpha value is -1.91. The Morgan fingerprint density at radius 1 is 1.16 bits per heavy atom. The number of carbonyl (C=O) groups excluding carboxylic acids is 1. The predicted molar refractivity (Wildman–Crippen MR) is 127 cm³/mol. The van der Waals surface area contributed by atoms with Crippen molar-refractivity contribution < 1.29 is 13.2 Å². The Morgan fingerprint density at radius 2 is 1.94 bits per heavy atom. The van der Waals surface area contributed by atoms with Gasteiger partial charge in [-0.15, -0.1) is 11.3 Å². The third kappa shape index (κ3) is 4.65. The molecule has 1 N–H and O–H groups in total. The molecule has 1 amide bonds. The standard InChI is InChI=1S/C20H14BrCl2N3O3S2/c1-11-24-16-5-3-12(20(27)25-31(28,29)19-7-6-18(21)30-19)8-17(16)26(11)10-13-2-4-14(22)9-15(13)23/h2-9H,10H2,1H3,(H,25,27). The second-order valence-electron chi connectivity index (χ2n) is 6.68. The lowest BCUT2D eigenvalue weighted by atomic mass is 10.2. The molecule has 4 aromatic rings. The summed E-state index contributed by atoms with van der Waals surface area (Å²) in [5.74, 6) is 0.0102. The molecule has 2 aromatic carbocycles. The van der Waals surface area contributed by atoms with Crippen molar-refractivity contribution in [2.45, 2.75) is 17.7 Å². The molecular formula is C20H14BrCl2N3O3S2. The fourth-order valence-corrected chi connectivity index (χ4v) is 6.53. The topological polar surface area (TPSA) is 81.1 Å². The molecular weight excluding hydrogens is 545 g/mol. The number of aryl methyl sites for hydroxylation is 1. The van der Waals surface area contributed by atoms with Gasteiger partial charge in [-0.25, -0.2) is 18.1 Å². The van der Waals surface area contributed by atoms with Gasteiger partial charge in [0, 0.05) is 15.6 Å². The van der Waals surface area contributed by atoms with E-state index in [0.29, 0.717) is 31.4 Å². The highest BCUT2D eigenvalue weighted by Gasteiger charge is 2.21. The normalized spacial score (nSPS) is 11.7. The van der Waals surface area contributed by atoms with Crippen LogP contribution in [0.25, 0.3) is 11.0 Å². The quantitative estimate of drug-likeness (QED) is 0.343. The summed E-state index contributed by atoms with van der Waals surface area (Å²) in [6.45, 7) is 2.27. The molecule has 2 aromatic heterocycles. The first-order valence-electron chi connectivity index (χ1n) is 8.87. The van der Waals surface area contributed by atoms with Crippen LogP contribution >= 0.6 is 50.5 Å². The molecule has 4 rings (SSSR count). The molecule has 0 bridgehead atoms. The van der Waals surface area contributed by atoms with Crippen LogP contribution in [0.5, 0.6) is 0 Å². The highest BCUT2D eigenvalue weighted by Crippen LogP contribution is 2.27. The monoisotopic (exact) mass is 557 g/mol. The maximum absolute atomic E-state index is 12.7. The van der Waals surface area contributed by atoms with Gasteiger partial charge in [0.1, 0.15) is 10.0 Å². The van der Waals surface area contributed by atoms with Gasteiger partial charge in [0.15, 0.2) is 0 Å². The molecule has 6 nitrogen and oxygen atoms in total. The van der Waals surface area contributed by atoms with Crippen molar-refractivity contribution in [2.75, 3.05) is 0 Å². The molecule has 0 radical (unpaired) electrons. The molecule has 11 heteroatoms. The summed E-state index contributed by atoms with van der Waals surface area (Å²) in [4.78, 5) is 17.2. The number of sulfonamides is 1. The van der Waals surface area contributed by atoms with Crippen LogP contribution in [0.4, 0.5) is 0 Å². The Kier molecular flexibility index (Phi) is 6.15. The van der Waals surface area contributed by atoms with E-state index < -0.39 is 15.9 Å². The van der Waals surface area contributed by atoms with Gasteiger partial charge in [0.05, 0.1) is 21.4 Å². The van der Waals surface area contributed by atoms with Gasteiger partial charge in [-0.2, -0.15) is 0 Å². The number of aromatic nitrogens is 2. The zero-order valence-electron chi connectivity index (χ0n) is 15.9. The number of imidazole rings is 1. The van der Waals surface area contributed by atoms with Crippen LogP contribution in [-0.4, -0.2) is 23.9 Å². The molecule has 0 saturated carbocycles. The van der Waals surface area contributed by atoms with Gasteiger partial charge >= 0.3 is 0 Å². The van der Waals surface area contributed by atoms with Crippen LogP contribution in [-0.2, 0) is 16.6 Å². The number of carbonyl (C=O) groups is 1. The summed E-state index contributed by atoms with van der Waals surface area (Å²) in [6.07, 6.45) is 0. The van der Waals surface area contributed by atoms with Gasteiger partial charge in [-0.3, -0.25) is 4.79 Å². The van der Waals surface area contributed by atoms with E-state index in [1.807, 2.05) is 17.6 Å². The second kappa shape index (κ2) is 8.55. The lowest BCUT2D eigenvalue weighted by Crippen LogP contribution is -2.30. The lowest BCUT2D eigenvalue weighted by molar-refractivity contribution is 0.0981. The lowest BCUT2D eigenvalue weighted by Gasteiger charge is -2.10. The maximum atomic E-state index is 12.7. The largest absolute Gasteiger partial charge is 0.324 e. The van der Waals surface area contributed by atoms with E-state index >= 15 is 0 Å². The number of benzene rings is 2. The van der Waals surface area contributed by atoms with Crippen LogP contribution < -0.4 is 4.72 Å². The highest BCUT2D eigenvalue weighted by atomic mass is 79.9. The summed E-state index contributed by atoms with van der Waals surface area (Å²) in [6, 6.07) is 13.1. The molecule has 160 valence electrons. The Bertz CT molecular complexity index is 1430. The Labute approximate surface area is 201 Å². The Balaban J connectivity index is 1.67. The van der Waals surface area contributed by atoms with Crippen molar-refractivity contribution in [3.05, 3.63) is 79.3 Å². The number of thiophene rings is 1. The van der Waals surface area contributed by atoms with E-state index in [4.69, 9.17) is 23.2 Å². The van der Waals surface area contributed by atoms with E-state index in [-0.39, 0.29) is 9.77 Å². The van der Waals surface area contributed by atoms with E-state index in [1.165, 1.54) is 6.07 Å². The van der Waals surface area contributed by atoms with E-state index in [1.54, 1.807) is 36.4 Å². The van der Waals surface area contributed by atoms with Gasteiger partial charge in [-0.1, -0.05) is 29.3 Å². The van der Waals surface area contributed by atoms with Crippen LogP contribution in [0.3, 0.4) is 0 Å². The number of amides is 1. The first-order valence-corrected chi connectivity index (χ1v) is 12.7. The van der Waals surface area contributed by atoms with E-state index in [9.17, 15) is 13.2 Å². The van der Waals surface area contributed by atoms with Crippen LogP contribution in [0.1, 0.15) is 21.7 Å². The molecule has 0 aliphatic carbocycles. The summed E-state index contributed by atoms with van der Waals surface area (Å²) < 4.78 is 29.7. The number of halogens is 3. The summed E-state index contributed by atoms with van der Waals surface area (Å²) in [5.41, 5.74) is 2.42. The van der Waals surface area contributed by atoms with Crippen LogP contribution in [0.15, 0.2) is 56.5 Å². The number of nitrogens with one attached hydrogen (secondary N) is 1. The summed E-state index contributed by atoms with van der Waals surface area (Å²) in [7, 11) is -3.97. The van der Waals surface area contributed by atoms with Crippen molar-refractivity contribution in [1.82, 2.24) is 14.3 Å². The van der Waals surface area contributed by atoms with Gasteiger partial charge in [-0.05, 0) is 70.9 Å². The van der Waals surface area contributed by atoms with Crippen molar-refractivity contribution in [3.8, 4) is 0 Å². The molecule has 0 aliphatic heterocycles. The van der Waals surface area contributed by atoms with Crippen LogP contribution in [0.2, 0.25) is 10.0 Å². The van der Waals surface area contributed by atoms with Crippen molar-refractivity contribution >= 4 is 77.4 Å². The molecule has 0 fully saturated rings. The summed E-state index contributed by atoms with van der Waals surface area (Å²) in [5, 5.41) is 1.06. The third-order valence-corrected chi connectivity index (χ3v) is 8.62. The molecule has 31 heavy (non-hydrogen) atoms. The first-order chi connectivity index (χ1) is 14.6. The number of nitrogens with zero attached hydrogens (tertiary/aromatic N) is 2. The molecule has 0 aliphatic rings. The second-order valence-corrected chi connectivity index (χ2v) is 11.9. The van der Waals surface area contributed by atoms with Crippen molar-refractivity contribution in [2.24, 2.45) is 0 Å². The first kappa shape index (κ1) is 22.3. The SMILES string of the molecule is Cc1nc2ccc(C(=O)NS(=O)(=O)c3ccc(Br)s3)cc2n1Cc1ccc(Cl)cc1Cl. The zero-order valence-corrected chi connectivity index (χ0v) is 20.6. The molecule has 2 heterocycles. The number of rotatable bonds is 5. The zero-order chi connectivity index (χ0) is 22.3. The third-order valence-electron chi connectivity index (χ3n) is 4.59. The number of fused-ring (bicyclic) bond motifs is 1. The van der Waals surface area contributed by atoms with Crippen molar-refractivity contribution in [1.29, 1.82) is 0 Å². The minimum absolute atomic E-state index is 0.0482. The average Bonchev–Trinajstić information content (AvgIpc) is 3.27. The van der Waals surface area contributed by atoms with E-state index in [2.05, 4.69) is 25.6 Å². The van der Waals surface area contributed by atoms with Crippen molar-refractivity contribution in [3.63, 3.8) is 0 Å². The maximum Gasteiger partial charge on any atom is 0.273 e. The molecule has 0 saturated heterocycles. The summed E-state index contributed by atoms with van der Waals surface area (Å²) >= 11 is 16.5. The molecule has 0 spiro atoms.